The van der Waals surface area contributed by atoms with Gasteiger partial charge in [0.05, 0.1) is 5.92 Å². The Morgan fingerprint density at radius 1 is 1.24 bits per heavy atom. The zero-order chi connectivity index (χ0) is 19.4. The number of likely N-dealkylation sites (N-methyl/N-ethyl adjacent to an activating group) is 1. The van der Waals surface area contributed by atoms with E-state index in [1.54, 1.807) is 24.9 Å². The van der Waals surface area contributed by atoms with Crippen LogP contribution in [0.15, 0.2) is 12.2 Å². The second-order valence-electron chi connectivity index (χ2n) is 7.94. The summed E-state index contributed by atoms with van der Waals surface area (Å²) in [5.74, 6) is -0.916. The molecule has 0 aromatic rings. The molecule has 6 heteroatoms. The molecular formula is C19H32N2O4. The summed E-state index contributed by atoms with van der Waals surface area (Å²) in [7, 11) is 1.65. The Bertz CT molecular complexity index is 534. The van der Waals surface area contributed by atoms with Gasteiger partial charge >= 0.3 is 5.97 Å². The predicted octanol–water partition coefficient (Wildman–Crippen LogP) is 2.24. The second kappa shape index (κ2) is 8.50. The molecule has 2 amide bonds. The van der Waals surface area contributed by atoms with Crippen LogP contribution in [0.2, 0.25) is 0 Å². The monoisotopic (exact) mass is 352 g/mol. The van der Waals surface area contributed by atoms with Crippen LogP contribution in [0.4, 0.5) is 0 Å². The van der Waals surface area contributed by atoms with Gasteiger partial charge < -0.3 is 14.5 Å². The molecule has 6 nitrogen and oxygen atoms in total. The van der Waals surface area contributed by atoms with Crippen molar-refractivity contribution in [2.45, 2.75) is 59.6 Å². The highest BCUT2D eigenvalue weighted by Gasteiger charge is 2.38. The van der Waals surface area contributed by atoms with Crippen LogP contribution >= 0.6 is 0 Å². The normalized spacial score (nSPS) is 19.4. The van der Waals surface area contributed by atoms with E-state index in [1.165, 1.54) is 11.0 Å². The number of amides is 2. The summed E-state index contributed by atoms with van der Waals surface area (Å²) in [6.45, 7) is 12.0. The van der Waals surface area contributed by atoms with Crippen molar-refractivity contribution in [3.05, 3.63) is 12.2 Å². The van der Waals surface area contributed by atoms with E-state index in [-0.39, 0.29) is 23.7 Å². The number of carbonyl (C=O) groups excluding carboxylic acids is 3. The van der Waals surface area contributed by atoms with Crippen molar-refractivity contribution >= 4 is 17.8 Å². The molecule has 1 fully saturated rings. The molecule has 0 N–H and O–H groups in total. The SMILES string of the molecule is C/C=C/C(=O)N1CC[C@H](C(=O)N(C)C(C(=O)OC(C)(C)C)C(C)C)C1. The Hall–Kier alpha value is -1.85. The molecule has 0 bridgehead atoms. The van der Waals surface area contributed by atoms with Crippen LogP contribution < -0.4 is 0 Å². The standard InChI is InChI=1S/C19H32N2O4/c1-8-9-15(22)21-11-10-14(12-21)17(23)20(7)16(13(2)3)18(24)25-19(4,5)6/h8-9,13-14,16H,10-12H2,1-7H3/b9-8+/t14-,16?/m0/s1. The van der Waals surface area contributed by atoms with Crippen molar-refractivity contribution in [1.82, 2.24) is 9.80 Å². The maximum atomic E-state index is 12.8. The highest BCUT2D eigenvalue weighted by Crippen LogP contribution is 2.23. The van der Waals surface area contributed by atoms with Crippen LogP contribution in [0.25, 0.3) is 0 Å². The first-order valence-corrected chi connectivity index (χ1v) is 8.89. The van der Waals surface area contributed by atoms with Gasteiger partial charge in [-0.25, -0.2) is 4.79 Å². The fourth-order valence-electron chi connectivity index (χ4n) is 3.07. The summed E-state index contributed by atoms with van der Waals surface area (Å²) in [5, 5.41) is 0. The van der Waals surface area contributed by atoms with E-state index < -0.39 is 17.6 Å². The smallest absolute Gasteiger partial charge is 0.329 e. The zero-order valence-electron chi connectivity index (χ0n) is 16.5. The maximum absolute atomic E-state index is 12.8. The average Bonchev–Trinajstić information content (AvgIpc) is 2.94. The average molecular weight is 352 g/mol. The molecule has 1 aliphatic heterocycles. The zero-order valence-corrected chi connectivity index (χ0v) is 16.5. The minimum absolute atomic E-state index is 0.0639. The topological polar surface area (TPSA) is 66.9 Å². The molecular weight excluding hydrogens is 320 g/mol. The molecule has 0 aromatic heterocycles. The summed E-state index contributed by atoms with van der Waals surface area (Å²) in [6, 6.07) is -0.632. The highest BCUT2D eigenvalue weighted by atomic mass is 16.6. The molecule has 0 aromatic carbocycles. The molecule has 25 heavy (non-hydrogen) atoms. The number of hydrogen-bond acceptors (Lipinski definition) is 4. The third-order valence-corrected chi connectivity index (χ3v) is 4.20. The van der Waals surface area contributed by atoms with Crippen molar-refractivity contribution in [3.63, 3.8) is 0 Å². The van der Waals surface area contributed by atoms with Gasteiger partial charge in [0.25, 0.3) is 0 Å². The highest BCUT2D eigenvalue weighted by molar-refractivity contribution is 5.90. The summed E-state index contributed by atoms with van der Waals surface area (Å²) < 4.78 is 5.48. The Morgan fingerprint density at radius 2 is 1.84 bits per heavy atom. The van der Waals surface area contributed by atoms with E-state index in [0.29, 0.717) is 19.5 Å². The van der Waals surface area contributed by atoms with Crippen LogP contribution in [0, 0.1) is 11.8 Å². The molecule has 1 saturated heterocycles. The Labute approximate surface area is 151 Å². The first kappa shape index (κ1) is 21.2. The third-order valence-electron chi connectivity index (χ3n) is 4.20. The molecule has 0 aliphatic carbocycles. The number of likely N-dealkylation sites (tertiary alicyclic amines) is 1. The fourth-order valence-corrected chi connectivity index (χ4v) is 3.07. The van der Waals surface area contributed by atoms with Crippen molar-refractivity contribution in [1.29, 1.82) is 0 Å². The number of carbonyl (C=O) groups is 3. The number of esters is 1. The number of ether oxygens (including phenoxy) is 1. The van der Waals surface area contributed by atoms with Gasteiger partial charge in [0.2, 0.25) is 11.8 Å². The van der Waals surface area contributed by atoms with Crippen molar-refractivity contribution in [3.8, 4) is 0 Å². The summed E-state index contributed by atoms with van der Waals surface area (Å²) in [5.41, 5.74) is -0.600. The van der Waals surface area contributed by atoms with E-state index in [9.17, 15) is 14.4 Å². The van der Waals surface area contributed by atoms with Gasteiger partial charge in [-0.05, 0) is 46.1 Å². The van der Waals surface area contributed by atoms with Gasteiger partial charge in [-0.15, -0.1) is 0 Å². The lowest BCUT2D eigenvalue weighted by molar-refractivity contribution is -0.166. The van der Waals surface area contributed by atoms with E-state index >= 15 is 0 Å². The lowest BCUT2D eigenvalue weighted by Crippen LogP contribution is -2.50. The van der Waals surface area contributed by atoms with Gasteiger partial charge in [0.15, 0.2) is 0 Å². The molecule has 0 spiro atoms. The van der Waals surface area contributed by atoms with Crippen LogP contribution in [0.1, 0.15) is 48.0 Å². The van der Waals surface area contributed by atoms with E-state index in [2.05, 4.69) is 0 Å². The number of rotatable bonds is 5. The number of nitrogens with zero attached hydrogens (tertiary/aromatic N) is 2. The maximum Gasteiger partial charge on any atom is 0.329 e. The quantitative estimate of drug-likeness (QED) is 0.562. The minimum Gasteiger partial charge on any atom is -0.458 e. The van der Waals surface area contributed by atoms with Gasteiger partial charge in [-0.3, -0.25) is 9.59 Å². The van der Waals surface area contributed by atoms with Gasteiger partial charge in [0.1, 0.15) is 11.6 Å². The van der Waals surface area contributed by atoms with Crippen LogP contribution in [0.5, 0.6) is 0 Å². The van der Waals surface area contributed by atoms with Crippen molar-refractivity contribution < 1.29 is 19.1 Å². The molecule has 1 rings (SSSR count). The molecule has 1 unspecified atom stereocenters. The molecule has 2 atom stereocenters. The summed E-state index contributed by atoms with van der Waals surface area (Å²) in [4.78, 5) is 40.5. The third kappa shape index (κ3) is 5.87. The number of hydrogen-bond donors (Lipinski definition) is 0. The Kier molecular flexibility index (Phi) is 7.20. The van der Waals surface area contributed by atoms with Crippen molar-refractivity contribution in [2.75, 3.05) is 20.1 Å². The molecule has 0 saturated carbocycles. The number of allylic oxidation sites excluding steroid dienone is 1. The largest absolute Gasteiger partial charge is 0.458 e. The molecule has 142 valence electrons. The van der Waals surface area contributed by atoms with Gasteiger partial charge in [-0.1, -0.05) is 19.9 Å². The molecule has 0 radical (unpaired) electrons. The van der Waals surface area contributed by atoms with E-state index in [4.69, 9.17) is 4.74 Å². The van der Waals surface area contributed by atoms with Crippen LogP contribution in [0.3, 0.4) is 0 Å². The summed E-state index contributed by atoms with van der Waals surface area (Å²) in [6.07, 6.45) is 3.82. The van der Waals surface area contributed by atoms with Gasteiger partial charge in [0, 0.05) is 20.1 Å². The van der Waals surface area contributed by atoms with E-state index in [0.717, 1.165) is 0 Å². The Balaban J connectivity index is 2.81. The van der Waals surface area contributed by atoms with Crippen LogP contribution in [-0.2, 0) is 19.1 Å². The molecule has 1 heterocycles. The minimum atomic E-state index is -0.632. The molecule has 1 aliphatic rings. The lowest BCUT2D eigenvalue weighted by Gasteiger charge is -2.33. The lowest BCUT2D eigenvalue weighted by atomic mass is 9.99. The predicted molar refractivity (Wildman–Crippen MR) is 96.7 cm³/mol. The van der Waals surface area contributed by atoms with Gasteiger partial charge in [-0.2, -0.15) is 0 Å². The Morgan fingerprint density at radius 3 is 2.32 bits per heavy atom. The van der Waals surface area contributed by atoms with Crippen molar-refractivity contribution in [2.24, 2.45) is 11.8 Å². The fraction of sp³-hybridized carbons (Fsp3) is 0.737. The van der Waals surface area contributed by atoms with E-state index in [1.807, 2.05) is 34.6 Å². The second-order valence-corrected chi connectivity index (χ2v) is 7.94. The van der Waals surface area contributed by atoms with Crippen LogP contribution in [-0.4, -0.2) is 59.4 Å². The first-order chi connectivity index (χ1) is 11.5. The first-order valence-electron chi connectivity index (χ1n) is 8.89. The summed E-state index contributed by atoms with van der Waals surface area (Å²) >= 11 is 0.